The van der Waals surface area contributed by atoms with Crippen molar-refractivity contribution in [1.29, 1.82) is 0 Å². The molecule has 9 nitrogen and oxygen atoms in total. The molecular weight excluding hydrogens is 1130 g/mol. The third-order valence-corrected chi connectivity index (χ3v) is 16.8. The van der Waals surface area contributed by atoms with Gasteiger partial charge in [-0.3, -0.25) is 14.2 Å². The van der Waals surface area contributed by atoms with Gasteiger partial charge in [0, 0.05) is 12.8 Å². The molecule has 0 heterocycles. The Morgan fingerprint density at radius 3 is 1.09 bits per heavy atom. The number of quaternary nitrogens is 1. The van der Waals surface area contributed by atoms with Crippen molar-refractivity contribution in [2.45, 2.75) is 322 Å². The zero-order valence-electron chi connectivity index (χ0n) is 59.0. The summed E-state index contributed by atoms with van der Waals surface area (Å²) in [6.45, 7) is 6.70. The van der Waals surface area contributed by atoms with Crippen LogP contribution in [0.4, 0.5) is 0 Å². The molecule has 0 saturated heterocycles. The van der Waals surface area contributed by atoms with Crippen molar-refractivity contribution >= 4 is 19.7 Å². The fraction of sp³-hybridized carbons (Fsp3) is 0.700. The van der Waals surface area contributed by atoms with Crippen LogP contribution in [0.25, 0.3) is 0 Å². The van der Waals surface area contributed by atoms with Gasteiger partial charge in [0.1, 0.15) is 19.3 Å². The molecule has 0 radical (unpaired) electrons. The average Bonchev–Trinajstić information content (AvgIpc) is 3.11. The van der Waals surface area contributed by atoms with E-state index in [1.807, 2.05) is 33.3 Å². The molecule has 0 aliphatic rings. The number of phosphoric ester groups is 1. The lowest BCUT2D eigenvalue weighted by Crippen LogP contribution is -2.47. The molecule has 0 fully saturated rings. The maximum Gasteiger partial charge on any atom is 0.306 e. The number of carbonyl (C=O) groups is 2. The van der Waals surface area contributed by atoms with Gasteiger partial charge >= 0.3 is 5.97 Å². The summed E-state index contributed by atoms with van der Waals surface area (Å²) in [6, 6.07) is -0.909. The predicted octanol–water partition coefficient (Wildman–Crippen LogP) is 23.3. The molecule has 0 spiro atoms. The van der Waals surface area contributed by atoms with E-state index in [1.165, 1.54) is 128 Å². The molecule has 1 N–H and O–H groups in total. The first-order valence-electron chi connectivity index (χ1n) is 37.0. The van der Waals surface area contributed by atoms with Crippen LogP contribution < -0.4 is 10.2 Å². The van der Waals surface area contributed by atoms with E-state index >= 15 is 0 Å². The minimum atomic E-state index is -4.72. The highest BCUT2D eigenvalue weighted by Crippen LogP contribution is 2.38. The van der Waals surface area contributed by atoms with Gasteiger partial charge in [0.15, 0.2) is 0 Å². The molecule has 0 aliphatic carbocycles. The molecule has 0 aromatic heterocycles. The smallest absolute Gasteiger partial charge is 0.306 e. The number of unbranched alkanes of at least 4 members (excludes halogenated alkanes) is 30. The van der Waals surface area contributed by atoms with E-state index in [0.717, 1.165) is 141 Å². The largest absolute Gasteiger partial charge is 0.756 e. The van der Waals surface area contributed by atoms with Gasteiger partial charge in [-0.2, -0.15) is 0 Å². The quantitative estimate of drug-likeness (QED) is 0.0212. The van der Waals surface area contributed by atoms with Crippen LogP contribution in [-0.2, 0) is 27.9 Å². The molecule has 3 unspecified atom stereocenters. The first-order chi connectivity index (χ1) is 43.9. The van der Waals surface area contributed by atoms with Crippen LogP contribution >= 0.6 is 7.82 Å². The minimum absolute atomic E-state index is 0.0325. The predicted molar refractivity (Wildman–Crippen MR) is 390 cm³/mol. The topological polar surface area (TPSA) is 114 Å². The third-order valence-electron chi connectivity index (χ3n) is 15.8. The number of rotatable bonds is 66. The summed E-state index contributed by atoms with van der Waals surface area (Å²) in [5.74, 6) is -0.564. The average molecular weight is 1270 g/mol. The second-order valence-electron chi connectivity index (χ2n) is 25.7. The highest BCUT2D eigenvalue weighted by Gasteiger charge is 2.27. The monoisotopic (exact) mass is 1270 g/mol. The van der Waals surface area contributed by atoms with Crippen LogP contribution in [0.1, 0.15) is 310 Å². The number of nitrogens with zero attached hydrogens (tertiary/aromatic N) is 1. The van der Waals surface area contributed by atoms with Crippen molar-refractivity contribution in [1.82, 2.24) is 5.32 Å². The van der Waals surface area contributed by atoms with E-state index in [-0.39, 0.29) is 24.9 Å². The highest BCUT2D eigenvalue weighted by molar-refractivity contribution is 7.45. The number of carbonyl (C=O) groups excluding carboxylic acids is 2. The first-order valence-corrected chi connectivity index (χ1v) is 38.5. The molecule has 0 aliphatic heterocycles. The van der Waals surface area contributed by atoms with Crippen molar-refractivity contribution in [2.75, 3.05) is 40.9 Å². The Hall–Kier alpha value is -3.85. The molecule has 0 aromatic rings. The lowest BCUT2D eigenvalue weighted by molar-refractivity contribution is -0.870. The van der Waals surface area contributed by atoms with E-state index in [4.69, 9.17) is 13.8 Å². The Morgan fingerprint density at radius 2 is 0.711 bits per heavy atom. The Labute approximate surface area is 556 Å². The Morgan fingerprint density at radius 1 is 0.400 bits per heavy atom. The second-order valence-corrected chi connectivity index (χ2v) is 27.1. The Balaban J connectivity index is 5.08. The number of nitrogens with one attached hydrogen (secondary N) is 1. The highest BCUT2D eigenvalue weighted by atomic mass is 31.2. The van der Waals surface area contributed by atoms with Gasteiger partial charge < -0.3 is 28.5 Å². The van der Waals surface area contributed by atoms with Gasteiger partial charge in [0.05, 0.1) is 33.8 Å². The van der Waals surface area contributed by atoms with Gasteiger partial charge in [-0.1, -0.05) is 302 Å². The number of amides is 1. The van der Waals surface area contributed by atoms with E-state index in [1.54, 1.807) is 0 Å². The van der Waals surface area contributed by atoms with Crippen molar-refractivity contribution in [3.05, 3.63) is 134 Å². The number of hydrogen-bond acceptors (Lipinski definition) is 7. The molecule has 1 amide bonds. The number of likely N-dealkylation sites (N-methyl/N-ethyl adjacent to an activating group) is 1. The van der Waals surface area contributed by atoms with Crippen LogP contribution in [0, 0.1) is 0 Å². The number of ether oxygens (including phenoxy) is 1. The lowest BCUT2D eigenvalue weighted by atomic mass is 10.0. The molecule has 3 atom stereocenters. The molecule has 0 bridgehead atoms. The maximum atomic E-state index is 13.6. The van der Waals surface area contributed by atoms with Crippen molar-refractivity contribution in [3.63, 3.8) is 0 Å². The summed E-state index contributed by atoms with van der Waals surface area (Å²) in [7, 11) is 1.16. The zero-order chi connectivity index (χ0) is 65.6. The van der Waals surface area contributed by atoms with Crippen LogP contribution in [0.15, 0.2) is 134 Å². The summed E-state index contributed by atoms with van der Waals surface area (Å²) < 4.78 is 30.5. The van der Waals surface area contributed by atoms with Crippen LogP contribution in [0.5, 0.6) is 0 Å². The number of phosphoric acid groups is 1. The normalized spacial score (nSPS) is 14.3. The summed E-state index contributed by atoms with van der Waals surface area (Å²) >= 11 is 0. The van der Waals surface area contributed by atoms with Crippen molar-refractivity contribution in [2.24, 2.45) is 0 Å². The molecular formula is C80H139N2O7P. The van der Waals surface area contributed by atoms with Gasteiger partial charge in [-0.25, -0.2) is 0 Å². The van der Waals surface area contributed by atoms with Gasteiger partial charge in [-0.15, -0.1) is 0 Å². The van der Waals surface area contributed by atoms with Gasteiger partial charge in [-0.05, 0) is 128 Å². The van der Waals surface area contributed by atoms with E-state index in [9.17, 15) is 19.0 Å². The summed E-state index contributed by atoms with van der Waals surface area (Å²) in [5, 5.41) is 3.03. The fourth-order valence-electron chi connectivity index (χ4n) is 10.2. The van der Waals surface area contributed by atoms with Crippen LogP contribution in [-0.4, -0.2) is 69.4 Å². The fourth-order valence-corrected chi connectivity index (χ4v) is 10.9. The third kappa shape index (κ3) is 68.5. The number of allylic oxidation sites excluding steroid dienone is 21. The Kier molecular flexibility index (Phi) is 65.1. The standard InChI is InChI=1S/C80H139N2O7P/c1-7-10-13-16-19-22-25-28-30-32-34-36-38-40-41-43-45-47-49-51-53-55-58-61-64-67-70-73-80(84)89-78(71-68-65-62-59-56-27-24-21-18-15-12-9-3)77(76-88-90(85,86)87-75-74-82(4,5)6)81-79(83)72-69-66-63-60-57-54-52-50-48-46-44-42-39-37-35-33-31-29-26-23-20-17-14-11-8-2/h11,14,19-20,22-23,28-31,34-37,40-42,44,48,50,68,71,77-78H,7-10,12-13,15-18,21,24-27,32-33,38-39,43,45-47,49,51-67,69-70,72-76H2,1-6H3,(H-,81,83,85,86)/b14-11-,22-19-,23-20-,30-28-,31-29-,36-34-,37-35-,41-40-,44-42-,50-48-,71-68+. The lowest BCUT2D eigenvalue weighted by Gasteiger charge is -2.30. The maximum absolute atomic E-state index is 13.6. The number of esters is 1. The summed E-state index contributed by atoms with van der Waals surface area (Å²) in [5.41, 5.74) is 0. The first kappa shape index (κ1) is 86.2. The minimum Gasteiger partial charge on any atom is -0.756 e. The molecule has 0 rings (SSSR count). The van der Waals surface area contributed by atoms with E-state index in [0.29, 0.717) is 23.9 Å². The zero-order valence-corrected chi connectivity index (χ0v) is 59.9. The Bertz CT molecular complexity index is 2000. The van der Waals surface area contributed by atoms with Crippen molar-refractivity contribution < 1.29 is 37.3 Å². The van der Waals surface area contributed by atoms with Crippen LogP contribution in [0.2, 0.25) is 0 Å². The molecule has 0 aromatic carbocycles. The van der Waals surface area contributed by atoms with Crippen molar-refractivity contribution in [3.8, 4) is 0 Å². The molecule has 10 heteroatoms. The molecule has 516 valence electrons. The van der Waals surface area contributed by atoms with E-state index in [2.05, 4.69) is 148 Å². The van der Waals surface area contributed by atoms with Gasteiger partial charge in [0.25, 0.3) is 7.82 Å². The number of hydrogen-bond donors (Lipinski definition) is 1. The van der Waals surface area contributed by atoms with E-state index < -0.39 is 26.6 Å². The molecule has 90 heavy (non-hydrogen) atoms. The molecule has 0 saturated carbocycles. The SMILES string of the molecule is CC/C=C\C/C=C\C/C=C\C/C=C\C/C=C\C/C=C\CCCCCCCCC(=O)NC(COP(=O)([O-])OCC[N+](C)(C)C)C(/C=C/CCCCCCCCCCCC)OC(=O)CCCCCCCCCCCCC/C=C\C/C=C\C/C=C\C/C=C\CCCCC. The summed E-state index contributed by atoms with van der Waals surface area (Å²) in [6.07, 6.45) is 97.2. The second kappa shape index (κ2) is 68.0. The van der Waals surface area contributed by atoms with Crippen LogP contribution in [0.3, 0.4) is 0 Å². The summed E-state index contributed by atoms with van der Waals surface area (Å²) in [4.78, 5) is 40.3. The van der Waals surface area contributed by atoms with Gasteiger partial charge in [0.2, 0.25) is 5.91 Å².